The predicted octanol–water partition coefficient (Wildman–Crippen LogP) is 2.73. The molecule has 3 N–H and O–H groups in total. The van der Waals surface area contributed by atoms with E-state index in [4.69, 9.17) is 5.73 Å². The molecule has 0 radical (unpaired) electrons. The van der Waals surface area contributed by atoms with Gasteiger partial charge in [0.25, 0.3) is 0 Å². The highest BCUT2D eigenvalue weighted by atomic mass is 32.2. The second-order valence-corrected chi connectivity index (χ2v) is 6.38. The maximum atomic E-state index is 13.3. The number of halogens is 4. The van der Waals surface area contributed by atoms with Crippen LogP contribution in [0.3, 0.4) is 0 Å². The average Bonchev–Trinajstić information content (AvgIpc) is 2.33. The minimum absolute atomic E-state index is 0.0500. The number of benzene rings is 1. The van der Waals surface area contributed by atoms with Gasteiger partial charge in [0.1, 0.15) is 5.82 Å². The SMILES string of the molecule is Cc1cc(S(=O)(=O)NCCCCC(F)(F)F)cc(N)c1F. The zero-order valence-electron chi connectivity index (χ0n) is 11.3. The number of unbranched alkanes of at least 4 members (excludes halogenated alkanes) is 1. The van der Waals surface area contributed by atoms with Crippen LogP contribution >= 0.6 is 0 Å². The van der Waals surface area contributed by atoms with E-state index in [1.54, 1.807) is 0 Å². The molecule has 0 spiro atoms. The molecule has 1 aromatic carbocycles. The number of hydrogen-bond acceptors (Lipinski definition) is 3. The number of hydrogen-bond donors (Lipinski definition) is 2. The molecular formula is C12H16F4N2O2S. The van der Waals surface area contributed by atoms with E-state index in [1.807, 2.05) is 0 Å². The Kier molecular flexibility index (Phi) is 5.57. The summed E-state index contributed by atoms with van der Waals surface area (Å²) in [6.45, 7) is 1.24. The smallest absolute Gasteiger partial charge is 0.389 e. The Balaban J connectivity index is 2.62. The van der Waals surface area contributed by atoms with Gasteiger partial charge in [0, 0.05) is 13.0 Å². The Morgan fingerprint density at radius 1 is 1.24 bits per heavy atom. The number of anilines is 1. The molecule has 9 heteroatoms. The van der Waals surface area contributed by atoms with Crippen LogP contribution in [0.25, 0.3) is 0 Å². The Morgan fingerprint density at radius 2 is 1.86 bits per heavy atom. The third-order valence-corrected chi connectivity index (χ3v) is 4.19. The van der Waals surface area contributed by atoms with Gasteiger partial charge < -0.3 is 5.73 Å². The Hall–Kier alpha value is -1.35. The average molecular weight is 328 g/mol. The molecule has 0 fully saturated rings. The first kappa shape index (κ1) is 17.7. The number of nitrogens with two attached hydrogens (primary N) is 1. The summed E-state index contributed by atoms with van der Waals surface area (Å²) in [6.07, 6.45) is -5.33. The molecule has 0 bridgehead atoms. The van der Waals surface area contributed by atoms with Crippen LogP contribution < -0.4 is 10.5 Å². The summed E-state index contributed by atoms with van der Waals surface area (Å²) in [5.74, 6) is -0.695. The third-order valence-electron chi connectivity index (χ3n) is 2.75. The standard InChI is InChI=1S/C12H16F4N2O2S/c1-8-6-9(7-10(17)11(8)13)21(19,20)18-5-3-2-4-12(14,15)16/h6-7,18H,2-5,17H2,1H3. The van der Waals surface area contributed by atoms with Crippen LogP contribution in [0.15, 0.2) is 17.0 Å². The van der Waals surface area contributed by atoms with E-state index in [-0.39, 0.29) is 35.5 Å². The first-order valence-corrected chi connectivity index (χ1v) is 7.63. The topological polar surface area (TPSA) is 72.2 Å². The van der Waals surface area contributed by atoms with Crippen LogP contribution in [0.2, 0.25) is 0 Å². The molecule has 1 rings (SSSR count). The molecule has 21 heavy (non-hydrogen) atoms. The number of aryl methyl sites for hydroxylation is 1. The fourth-order valence-corrected chi connectivity index (χ4v) is 2.85. The number of sulfonamides is 1. The molecule has 0 aliphatic rings. The van der Waals surface area contributed by atoms with E-state index >= 15 is 0 Å². The summed E-state index contributed by atoms with van der Waals surface area (Å²) in [6, 6.07) is 2.09. The van der Waals surface area contributed by atoms with Gasteiger partial charge in [-0.3, -0.25) is 0 Å². The van der Waals surface area contributed by atoms with Gasteiger partial charge in [-0.1, -0.05) is 0 Å². The third kappa shape index (κ3) is 5.50. The van der Waals surface area contributed by atoms with Gasteiger partial charge in [-0.05, 0) is 37.5 Å². The fraction of sp³-hybridized carbons (Fsp3) is 0.500. The number of rotatable bonds is 6. The molecule has 0 aliphatic heterocycles. The highest BCUT2D eigenvalue weighted by molar-refractivity contribution is 7.89. The van der Waals surface area contributed by atoms with Crippen LogP contribution in [0.1, 0.15) is 24.8 Å². The molecule has 0 aliphatic carbocycles. The van der Waals surface area contributed by atoms with Crippen molar-refractivity contribution in [3.63, 3.8) is 0 Å². The molecule has 120 valence electrons. The van der Waals surface area contributed by atoms with Crippen LogP contribution in [-0.2, 0) is 10.0 Å². The van der Waals surface area contributed by atoms with Crippen molar-refractivity contribution in [3.05, 3.63) is 23.5 Å². The molecule has 0 atom stereocenters. The van der Waals surface area contributed by atoms with Crippen molar-refractivity contribution < 1.29 is 26.0 Å². The first-order valence-electron chi connectivity index (χ1n) is 6.15. The van der Waals surface area contributed by atoms with Crippen molar-refractivity contribution >= 4 is 15.7 Å². The highest BCUT2D eigenvalue weighted by Gasteiger charge is 2.26. The molecule has 0 unspecified atom stereocenters. The largest absolute Gasteiger partial charge is 0.396 e. The van der Waals surface area contributed by atoms with E-state index in [9.17, 15) is 26.0 Å². The van der Waals surface area contributed by atoms with Gasteiger partial charge >= 0.3 is 6.18 Å². The summed E-state index contributed by atoms with van der Waals surface area (Å²) in [5.41, 5.74) is 5.13. The summed E-state index contributed by atoms with van der Waals surface area (Å²) >= 11 is 0. The van der Waals surface area contributed by atoms with E-state index in [0.29, 0.717) is 0 Å². The van der Waals surface area contributed by atoms with Gasteiger partial charge in [-0.2, -0.15) is 13.2 Å². The van der Waals surface area contributed by atoms with Gasteiger partial charge in [0.05, 0.1) is 10.6 Å². The molecule has 0 saturated heterocycles. The van der Waals surface area contributed by atoms with E-state index in [2.05, 4.69) is 4.72 Å². The summed E-state index contributed by atoms with van der Waals surface area (Å²) < 4.78 is 75.0. The van der Waals surface area contributed by atoms with Crippen LogP contribution in [-0.4, -0.2) is 21.1 Å². The zero-order chi connectivity index (χ0) is 16.3. The Bertz CT molecular complexity index is 577. The van der Waals surface area contributed by atoms with Crippen LogP contribution in [0.4, 0.5) is 23.2 Å². The normalized spacial score (nSPS) is 12.6. The van der Waals surface area contributed by atoms with Gasteiger partial charge in [-0.15, -0.1) is 0 Å². The van der Waals surface area contributed by atoms with E-state index in [0.717, 1.165) is 12.1 Å². The quantitative estimate of drug-likeness (QED) is 0.479. The fourth-order valence-electron chi connectivity index (χ4n) is 1.66. The minimum Gasteiger partial charge on any atom is -0.396 e. The molecule has 0 aromatic heterocycles. The van der Waals surface area contributed by atoms with Crippen molar-refractivity contribution in [2.45, 2.75) is 37.3 Å². The lowest BCUT2D eigenvalue weighted by atomic mass is 10.2. The van der Waals surface area contributed by atoms with E-state index in [1.165, 1.54) is 6.92 Å². The minimum atomic E-state index is -4.25. The van der Waals surface area contributed by atoms with E-state index < -0.39 is 28.4 Å². The summed E-state index contributed by atoms with van der Waals surface area (Å²) in [7, 11) is -3.92. The van der Waals surface area contributed by atoms with Crippen molar-refractivity contribution in [1.82, 2.24) is 4.72 Å². The number of nitrogen functional groups attached to an aromatic ring is 1. The molecule has 0 heterocycles. The van der Waals surface area contributed by atoms with Crippen molar-refractivity contribution in [3.8, 4) is 0 Å². The van der Waals surface area contributed by atoms with Gasteiger partial charge in [-0.25, -0.2) is 17.5 Å². The lowest BCUT2D eigenvalue weighted by Gasteiger charge is -2.10. The van der Waals surface area contributed by atoms with Crippen LogP contribution in [0.5, 0.6) is 0 Å². The molecule has 0 amide bonds. The predicted molar refractivity (Wildman–Crippen MR) is 70.6 cm³/mol. The summed E-state index contributed by atoms with van der Waals surface area (Å²) in [4.78, 5) is -0.213. The lowest BCUT2D eigenvalue weighted by molar-refractivity contribution is -0.135. The number of alkyl halides is 3. The van der Waals surface area contributed by atoms with Gasteiger partial charge in [0.2, 0.25) is 10.0 Å². The second-order valence-electron chi connectivity index (χ2n) is 4.61. The Morgan fingerprint density at radius 3 is 2.38 bits per heavy atom. The zero-order valence-corrected chi connectivity index (χ0v) is 12.1. The van der Waals surface area contributed by atoms with Gasteiger partial charge in [0.15, 0.2) is 0 Å². The maximum Gasteiger partial charge on any atom is 0.389 e. The van der Waals surface area contributed by atoms with Crippen molar-refractivity contribution in [2.24, 2.45) is 0 Å². The molecular weight excluding hydrogens is 312 g/mol. The first-order chi connectivity index (χ1) is 9.53. The number of nitrogens with one attached hydrogen (secondary N) is 1. The van der Waals surface area contributed by atoms with Crippen molar-refractivity contribution in [2.75, 3.05) is 12.3 Å². The van der Waals surface area contributed by atoms with Crippen molar-refractivity contribution in [1.29, 1.82) is 0 Å². The monoisotopic (exact) mass is 328 g/mol. The Labute approximate surface area is 120 Å². The molecule has 4 nitrogen and oxygen atoms in total. The molecule has 0 saturated carbocycles. The second kappa shape index (κ2) is 6.61. The van der Waals surface area contributed by atoms with Crippen LogP contribution in [0, 0.1) is 12.7 Å². The lowest BCUT2D eigenvalue weighted by Crippen LogP contribution is -2.25. The maximum absolute atomic E-state index is 13.3. The highest BCUT2D eigenvalue weighted by Crippen LogP contribution is 2.22. The summed E-state index contributed by atoms with van der Waals surface area (Å²) in [5, 5.41) is 0. The molecule has 1 aromatic rings.